The van der Waals surface area contributed by atoms with Crippen LogP contribution in [0, 0.1) is 12.8 Å². The molecule has 0 aromatic carbocycles. The number of pyridine rings is 1. The number of rotatable bonds is 2. The van der Waals surface area contributed by atoms with Gasteiger partial charge in [0.05, 0.1) is 5.38 Å². The first-order valence-corrected chi connectivity index (χ1v) is 8.00. The highest BCUT2D eigenvalue weighted by molar-refractivity contribution is 6.20. The predicted octanol–water partition coefficient (Wildman–Crippen LogP) is 4.79. The summed E-state index contributed by atoms with van der Waals surface area (Å²) in [6.45, 7) is 6.44. The first kappa shape index (κ1) is 13.9. The molecule has 0 aliphatic heterocycles. The Morgan fingerprint density at radius 2 is 2.10 bits per heavy atom. The van der Waals surface area contributed by atoms with E-state index in [2.05, 4.69) is 23.4 Å². The number of aryl methyl sites for hydroxylation is 1. The second kappa shape index (κ2) is 5.36. The normalized spacial score (nSPS) is 25.0. The monoisotopic (exact) mass is 291 g/mol. The van der Waals surface area contributed by atoms with E-state index in [9.17, 15) is 0 Å². The van der Waals surface area contributed by atoms with Crippen LogP contribution in [0.1, 0.15) is 62.3 Å². The van der Waals surface area contributed by atoms with Crippen molar-refractivity contribution >= 4 is 22.8 Å². The summed E-state index contributed by atoms with van der Waals surface area (Å²) in [7, 11) is 0. The Bertz CT molecular complexity index is 617. The molecule has 1 aliphatic rings. The highest BCUT2D eigenvalue weighted by Crippen LogP contribution is 2.38. The summed E-state index contributed by atoms with van der Waals surface area (Å²) in [6, 6.07) is 2.51. The zero-order chi connectivity index (χ0) is 14.3. The van der Waals surface area contributed by atoms with E-state index in [0.29, 0.717) is 12.0 Å². The molecule has 0 N–H and O–H groups in total. The largest absolute Gasteiger partial charge is 0.308 e. The van der Waals surface area contributed by atoms with Crippen LogP contribution in [-0.2, 0) is 0 Å². The van der Waals surface area contributed by atoms with Gasteiger partial charge in [-0.15, -0.1) is 11.6 Å². The highest BCUT2D eigenvalue weighted by Gasteiger charge is 2.28. The van der Waals surface area contributed by atoms with Crippen LogP contribution in [0.4, 0.5) is 0 Å². The van der Waals surface area contributed by atoms with Gasteiger partial charge < -0.3 is 4.57 Å². The summed E-state index contributed by atoms with van der Waals surface area (Å²) in [5.41, 5.74) is 3.19. The maximum atomic E-state index is 6.39. The average molecular weight is 292 g/mol. The zero-order valence-electron chi connectivity index (χ0n) is 12.4. The molecule has 0 spiro atoms. The Hall–Kier alpha value is -1.09. The molecular formula is C16H22ClN3. The number of fused-ring (bicyclic) bond motifs is 1. The van der Waals surface area contributed by atoms with Crippen molar-refractivity contribution in [3.8, 4) is 0 Å². The molecule has 4 heteroatoms. The molecule has 0 radical (unpaired) electrons. The topological polar surface area (TPSA) is 30.7 Å². The van der Waals surface area contributed by atoms with Crippen LogP contribution in [0.3, 0.4) is 0 Å². The van der Waals surface area contributed by atoms with Gasteiger partial charge >= 0.3 is 0 Å². The van der Waals surface area contributed by atoms with Crippen molar-refractivity contribution in [2.75, 3.05) is 0 Å². The quantitative estimate of drug-likeness (QED) is 0.745. The van der Waals surface area contributed by atoms with E-state index in [-0.39, 0.29) is 5.38 Å². The lowest BCUT2D eigenvalue weighted by Crippen LogP contribution is -2.23. The van der Waals surface area contributed by atoms with Gasteiger partial charge in [-0.25, -0.2) is 9.97 Å². The zero-order valence-corrected chi connectivity index (χ0v) is 13.2. The fourth-order valence-corrected chi connectivity index (χ4v) is 3.57. The number of aromatic nitrogens is 3. The SMILES string of the molecule is Cc1ccnc2c1nc(C(C)Cl)n2C1CCCCC1C. The van der Waals surface area contributed by atoms with Gasteiger partial charge in [0.1, 0.15) is 11.3 Å². The fourth-order valence-electron chi connectivity index (χ4n) is 3.42. The van der Waals surface area contributed by atoms with E-state index in [1.807, 2.05) is 19.2 Å². The number of hydrogen-bond donors (Lipinski definition) is 0. The second-order valence-electron chi connectivity index (χ2n) is 6.09. The summed E-state index contributed by atoms with van der Waals surface area (Å²) in [5, 5.41) is -0.0854. The van der Waals surface area contributed by atoms with Crippen LogP contribution >= 0.6 is 11.6 Å². The first-order chi connectivity index (χ1) is 9.59. The first-order valence-electron chi connectivity index (χ1n) is 7.57. The lowest BCUT2D eigenvalue weighted by atomic mass is 9.85. The molecule has 0 saturated heterocycles. The van der Waals surface area contributed by atoms with E-state index >= 15 is 0 Å². The maximum Gasteiger partial charge on any atom is 0.160 e. The van der Waals surface area contributed by atoms with Gasteiger partial charge in [-0.05, 0) is 44.2 Å². The molecule has 20 heavy (non-hydrogen) atoms. The Labute approximate surface area is 125 Å². The van der Waals surface area contributed by atoms with E-state index < -0.39 is 0 Å². The molecule has 3 atom stereocenters. The summed E-state index contributed by atoms with van der Waals surface area (Å²) < 4.78 is 2.32. The van der Waals surface area contributed by atoms with E-state index in [0.717, 1.165) is 17.0 Å². The number of halogens is 1. The third-order valence-corrected chi connectivity index (χ3v) is 4.76. The van der Waals surface area contributed by atoms with Crippen molar-refractivity contribution in [3.63, 3.8) is 0 Å². The number of alkyl halides is 1. The molecule has 0 amide bonds. The van der Waals surface area contributed by atoms with Crippen LogP contribution in [0.2, 0.25) is 0 Å². The summed E-state index contributed by atoms with van der Waals surface area (Å²) in [6.07, 6.45) is 7.00. The molecule has 1 saturated carbocycles. The maximum absolute atomic E-state index is 6.39. The van der Waals surface area contributed by atoms with Crippen molar-refractivity contribution in [2.45, 2.75) is 57.9 Å². The van der Waals surface area contributed by atoms with Crippen molar-refractivity contribution in [3.05, 3.63) is 23.7 Å². The summed E-state index contributed by atoms with van der Waals surface area (Å²) >= 11 is 6.39. The molecule has 108 valence electrons. The molecule has 1 fully saturated rings. The summed E-state index contributed by atoms with van der Waals surface area (Å²) in [5.74, 6) is 1.64. The Balaban J connectivity index is 2.21. The molecular weight excluding hydrogens is 270 g/mol. The van der Waals surface area contributed by atoms with Gasteiger partial charge in [0.25, 0.3) is 0 Å². The van der Waals surface area contributed by atoms with E-state index in [4.69, 9.17) is 16.6 Å². The smallest absolute Gasteiger partial charge is 0.160 e. The Kier molecular flexibility index (Phi) is 3.72. The third-order valence-electron chi connectivity index (χ3n) is 4.56. The lowest BCUT2D eigenvalue weighted by molar-refractivity contribution is 0.256. The van der Waals surface area contributed by atoms with E-state index in [1.165, 1.54) is 31.2 Å². The van der Waals surface area contributed by atoms with Crippen molar-refractivity contribution in [1.82, 2.24) is 14.5 Å². The van der Waals surface area contributed by atoms with Crippen LogP contribution in [-0.4, -0.2) is 14.5 Å². The van der Waals surface area contributed by atoms with E-state index in [1.54, 1.807) is 0 Å². The van der Waals surface area contributed by atoms with Gasteiger partial charge in [-0.1, -0.05) is 19.8 Å². The Morgan fingerprint density at radius 1 is 1.35 bits per heavy atom. The van der Waals surface area contributed by atoms with Crippen molar-refractivity contribution < 1.29 is 0 Å². The van der Waals surface area contributed by atoms with Gasteiger partial charge in [0.15, 0.2) is 5.65 Å². The number of nitrogens with zero attached hydrogens (tertiary/aromatic N) is 3. The molecule has 0 bridgehead atoms. The molecule has 3 rings (SSSR count). The van der Waals surface area contributed by atoms with Crippen molar-refractivity contribution in [2.24, 2.45) is 5.92 Å². The third kappa shape index (κ3) is 2.22. The van der Waals surface area contributed by atoms with Gasteiger partial charge in [-0.3, -0.25) is 0 Å². The summed E-state index contributed by atoms with van der Waals surface area (Å²) in [4.78, 5) is 9.39. The Morgan fingerprint density at radius 3 is 2.80 bits per heavy atom. The van der Waals surface area contributed by atoms with Crippen LogP contribution < -0.4 is 0 Å². The minimum Gasteiger partial charge on any atom is -0.308 e. The predicted molar refractivity (Wildman–Crippen MR) is 83.2 cm³/mol. The second-order valence-corrected chi connectivity index (χ2v) is 6.74. The van der Waals surface area contributed by atoms with Crippen LogP contribution in [0.25, 0.3) is 11.2 Å². The highest BCUT2D eigenvalue weighted by atomic mass is 35.5. The molecule has 2 heterocycles. The molecule has 2 aromatic rings. The van der Waals surface area contributed by atoms with Crippen molar-refractivity contribution in [1.29, 1.82) is 0 Å². The van der Waals surface area contributed by atoms with Gasteiger partial charge in [0, 0.05) is 12.2 Å². The molecule has 3 unspecified atom stereocenters. The fraction of sp³-hybridized carbons (Fsp3) is 0.625. The number of imidazole rings is 1. The average Bonchev–Trinajstić information content (AvgIpc) is 2.80. The minimum atomic E-state index is -0.0854. The lowest BCUT2D eigenvalue weighted by Gasteiger charge is -2.31. The van der Waals surface area contributed by atoms with Gasteiger partial charge in [-0.2, -0.15) is 0 Å². The van der Waals surface area contributed by atoms with Crippen LogP contribution in [0.15, 0.2) is 12.3 Å². The molecule has 3 nitrogen and oxygen atoms in total. The minimum absolute atomic E-state index is 0.0854. The molecule has 1 aliphatic carbocycles. The standard InChI is InChI=1S/C16H22ClN3/c1-10-6-4-5-7-13(10)20-15(12(3)17)19-14-11(2)8-9-18-16(14)20/h8-10,12-13H,4-7H2,1-3H3. The van der Waals surface area contributed by atoms with Crippen LogP contribution in [0.5, 0.6) is 0 Å². The number of hydrogen-bond acceptors (Lipinski definition) is 2. The van der Waals surface area contributed by atoms with Gasteiger partial charge in [0.2, 0.25) is 0 Å². The molecule has 2 aromatic heterocycles.